The molecular weight excluding hydrogens is 568 g/mol. The molecule has 4 aromatic rings. The monoisotopic (exact) mass is 620 g/mol. The van der Waals surface area contributed by atoms with Gasteiger partial charge in [0.25, 0.3) is 0 Å². The predicted octanol–water partition coefficient (Wildman–Crippen LogP) is 9.30. The molecule has 0 fully saturated rings. The quantitative estimate of drug-likeness (QED) is 0.100. The molecule has 4 rings (SSSR count). The van der Waals surface area contributed by atoms with E-state index in [0.717, 1.165) is 41.9 Å². The van der Waals surface area contributed by atoms with Crippen LogP contribution >= 0.6 is 0 Å². The highest BCUT2D eigenvalue weighted by molar-refractivity contribution is 6.10. The van der Waals surface area contributed by atoms with Gasteiger partial charge in [0.15, 0.2) is 5.78 Å². The van der Waals surface area contributed by atoms with Crippen molar-refractivity contribution in [2.45, 2.75) is 86.1 Å². The van der Waals surface area contributed by atoms with Crippen LogP contribution < -0.4 is 5.32 Å². The fraction of sp³-hybridized carbons (Fsp3) is 0.415. The number of nitrogens with zero attached hydrogens (tertiary/aromatic N) is 1. The lowest BCUT2D eigenvalue weighted by Gasteiger charge is -2.22. The van der Waals surface area contributed by atoms with Crippen molar-refractivity contribution in [2.75, 3.05) is 11.9 Å². The Kier molecular flexibility index (Phi) is 12.4. The summed E-state index contributed by atoms with van der Waals surface area (Å²) in [5.41, 5.74) is 9.40. The summed E-state index contributed by atoms with van der Waals surface area (Å²) < 4.78 is 7.20. The van der Waals surface area contributed by atoms with Crippen LogP contribution in [-0.4, -0.2) is 22.9 Å². The first-order valence-electron chi connectivity index (χ1n) is 17.0. The number of rotatable bonds is 16. The number of aryl methyl sites for hydroxylation is 1. The molecule has 5 nitrogen and oxygen atoms in total. The summed E-state index contributed by atoms with van der Waals surface area (Å²) in [6, 6.07) is 27.7. The molecule has 0 aliphatic carbocycles. The molecule has 0 saturated heterocycles. The Bertz CT molecular complexity index is 1530. The summed E-state index contributed by atoms with van der Waals surface area (Å²) in [5.74, 6) is 1.05. The number of aromatic nitrogens is 1. The number of esters is 1. The summed E-state index contributed by atoms with van der Waals surface area (Å²) >= 11 is 0. The normalized spacial score (nSPS) is 11.4. The van der Waals surface area contributed by atoms with Gasteiger partial charge in [-0.15, -0.1) is 0 Å². The third kappa shape index (κ3) is 9.22. The van der Waals surface area contributed by atoms with Crippen molar-refractivity contribution >= 4 is 17.4 Å². The van der Waals surface area contributed by atoms with E-state index < -0.39 is 0 Å². The van der Waals surface area contributed by atoms with Crippen molar-refractivity contribution in [2.24, 2.45) is 18.9 Å². The average molecular weight is 621 g/mol. The SMILES string of the molecule is CCOC(=O)CCCc1cc(C(=O)c2cccc(NC(c3ccc(CC(C)C)cc3)c3ccc(CC(C)C)cc3)c2)c(CC)n1C. The Morgan fingerprint density at radius 2 is 1.39 bits per heavy atom. The topological polar surface area (TPSA) is 60.3 Å². The maximum atomic E-state index is 14.0. The third-order valence-electron chi connectivity index (χ3n) is 8.51. The minimum Gasteiger partial charge on any atom is -0.466 e. The molecule has 0 radical (unpaired) electrons. The Balaban J connectivity index is 1.60. The smallest absolute Gasteiger partial charge is 0.305 e. The molecule has 1 heterocycles. The number of benzene rings is 3. The summed E-state index contributed by atoms with van der Waals surface area (Å²) in [5, 5.41) is 3.77. The van der Waals surface area contributed by atoms with Gasteiger partial charge in [0.2, 0.25) is 0 Å². The molecule has 0 saturated carbocycles. The number of carbonyl (C=O) groups is 2. The van der Waals surface area contributed by atoms with Crippen LogP contribution in [0.4, 0.5) is 5.69 Å². The van der Waals surface area contributed by atoms with E-state index in [4.69, 9.17) is 4.74 Å². The maximum Gasteiger partial charge on any atom is 0.305 e. The first-order valence-corrected chi connectivity index (χ1v) is 17.0. The Hall–Kier alpha value is -4.12. The lowest BCUT2D eigenvalue weighted by Crippen LogP contribution is -2.13. The first-order chi connectivity index (χ1) is 22.1. The number of nitrogens with one attached hydrogen (secondary N) is 1. The van der Waals surface area contributed by atoms with Crippen LogP contribution in [0.25, 0.3) is 0 Å². The van der Waals surface area contributed by atoms with Crippen molar-refractivity contribution < 1.29 is 14.3 Å². The largest absolute Gasteiger partial charge is 0.466 e. The fourth-order valence-electron chi connectivity index (χ4n) is 6.28. The van der Waals surface area contributed by atoms with Crippen molar-refractivity contribution in [3.8, 4) is 0 Å². The van der Waals surface area contributed by atoms with E-state index in [1.807, 2.05) is 44.3 Å². The highest BCUT2D eigenvalue weighted by Gasteiger charge is 2.21. The van der Waals surface area contributed by atoms with Crippen molar-refractivity contribution in [3.05, 3.63) is 124 Å². The van der Waals surface area contributed by atoms with Crippen molar-refractivity contribution in [3.63, 3.8) is 0 Å². The lowest BCUT2D eigenvalue weighted by atomic mass is 9.93. The van der Waals surface area contributed by atoms with E-state index >= 15 is 0 Å². The van der Waals surface area contributed by atoms with Crippen molar-refractivity contribution in [1.82, 2.24) is 4.57 Å². The zero-order valence-corrected chi connectivity index (χ0v) is 28.9. The maximum absolute atomic E-state index is 14.0. The van der Waals surface area contributed by atoms with Gasteiger partial charge in [-0.1, -0.05) is 95.3 Å². The van der Waals surface area contributed by atoms with Crippen LogP contribution in [0.5, 0.6) is 0 Å². The molecule has 3 aromatic carbocycles. The van der Waals surface area contributed by atoms with Gasteiger partial charge in [-0.05, 0) is 91.3 Å². The number of hydrogen-bond donors (Lipinski definition) is 1. The van der Waals surface area contributed by atoms with Gasteiger partial charge in [-0.2, -0.15) is 0 Å². The second kappa shape index (κ2) is 16.4. The molecule has 1 aromatic heterocycles. The molecule has 0 bridgehead atoms. The number of anilines is 1. The number of ketones is 1. The van der Waals surface area contributed by atoms with E-state index in [2.05, 4.69) is 93.0 Å². The molecule has 0 unspecified atom stereocenters. The molecule has 0 aliphatic rings. The van der Waals surface area contributed by atoms with Crippen molar-refractivity contribution in [1.29, 1.82) is 0 Å². The minimum atomic E-state index is -0.177. The second-order valence-corrected chi connectivity index (χ2v) is 13.2. The standard InChI is InChI=1S/C41H52N2O3/c1-8-38-37(27-36(43(38)7)14-11-15-39(44)46-9-2)41(45)34-12-10-13-35(26-34)42-40(32-20-16-30(17-21-32)24-28(3)4)33-22-18-31(19-23-33)25-29(5)6/h10,12-13,16-23,26-29,40,42H,8-9,11,14-15,24-25H2,1-7H3. The molecule has 244 valence electrons. The lowest BCUT2D eigenvalue weighted by molar-refractivity contribution is -0.143. The molecule has 1 N–H and O–H groups in total. The van der Waals surface area contributed by atoms with Crippen LogP contribution in [0.2, 0.25) is 0 Å². The molecule has 0 aliphatic heterocycles. The summed E-state index contributed by atoms with van der Waals surface area (Å²) in [6.45, 7) is 13.3. The van der Waals surface area contributed by atoms with Gasteiger partial charge in [0.05, 0.1) is 12.6 Å². The summed E-state index contributed by atoms with van der Waals surface area (Å²) in [7, 11) is 2.01. The van der Waals surface area contributed by atoms with Crippen LogP contribution in [0.15, 0.2) is 78.9 Å². The van der Waals surface area contributed by atoms with Gasteiger partial charge in [0, 0.05) is 41.7 Å². The van der Waals surface area contributed by atoms with Crippen LogP contribution in [0.1, 0.15) is 110 Å². The first kappa shape index (κ1) is 34.7. The number of hydrogen-bond acceptors (Lipinski definition) is 4. The van der Waals surface area contributed by atoms with Gasteiger partial charge in [-0.3, -0.25) is 9.59 Å². The van der Waals surface area contributed by atoms with Crippen LogP contribution in [0.3, 0.4) is 0 Å². The van der Waals surface area contributed by atoms with Crippen LogP contribution in [0, 0.1) is 11.8 Å². The minimum absolute atomic E-state index is 0.0142. The number of ether oxygens (including phenoxy) is 1. The van der Waals surface area contributed by atoms with Crippen LogP contribution in [-0.2, 0) is 42.3 Å². The molecule has 46 heavy (non-hydrogen) atoms. The molecule has 0 amide bonds. The van der Waals surface area contributed by atoms with Gasteiger partial charge in [0.1, 0.15) is 0 Å². The molecular formula is C41H52N2O3. The van der Waals surface area contributed by atoms with E-state index in [1.165, 1.54) is 22.3 Å². The third-order valence-corrected chi connectivity index (χ3v) is 8.51. The highest BCUT2D eigenvalue weighted by Crippen LogP contribution is 2.30. The van der Waals surface area contributed by atoms with E-state index in [0.29, 0.717) is 43.3 Å². The van der Waals surface area contributed by atoms with Gasteiger partial charge < -0.3 is 14.6 Å². The zero-order valence-electron chi connectivity index (χ0n) is 28.9. The molecule has 5 heteroatoms. The summed E-state index contributed by atoms with van der Waals surface area (Å²) in [6.07, 6.45) is 4.63. The average Bonchev–Trinajstić information content (AvgIpc) is 3.35. The summed E-state index contributed by atoms with van der Waals surface area (Å²) in [4.78, 5) is 25.8. The van der Waals surface area contributed by atoms with E-state index in [1.54, 1.807) is 0 Å². The van der Waals surface area contributed by atoms with E-state index in [-0.39, 0.29) is 17.8 Å². The predicted molar refractivity (Wildman–Crippen MR) is 190 cm³/mol. The Labute approximate surface area is 276 Å². The van der Waals surface area contributed by atoms with Gasteiger partial charge >= 0.3 is 5.97 Å². The fourth-order valence-corrected chi connectivity index (χ4v) is 6.28. The number of carbonyl (C=O) groups excluding carboxylic acids is 2. The molecule has 0 spiro atoms. The van der Waals surface area contributed by atoms with E-state index in [9.17, 15) is 9.59 Å². The molecule has 0 atom stereocenters. The Morgan fingerprint density at radius 3 is 1.91 bits per heavy atom. The highest BCUT2D eigenvalue weighted by atomic mass is 16.5. The zero-order chi connectivity index (χ0) is 33.2. The second-order valence-electron chi connectivity index (χ2n) is 13.2. The Morgan fingerprint density at radius 1 is 0.804 bits per heavy atom. The van der Waals surface area contributed by atoms with Gasteiger partial charge in [-0.25, -0.2) is 0 Å².